The Morgan fingerprint density at radius 2 is 1.81 bits per heavy atom. The summed E-state index contributed by atoms with van der Waals surface area (Å²) in [6.07, 6.45) is -5.09. The molecule has 0 bridgehead atoms. The molecule has 0 aliphatic rings. The van der Waals surface area contributed by atoms with Crippen LogP contribution in [0.5, 0.6) is 5.75 Å². The van der Waals surface area contributed by atoms with E-state index in [9.17, 15) is 13.2 Å². The van der Waals surface area contributed by atoms with E-state index in [4.69, 9.17) is 4.74 Å². The summed E-state index contributed by atoms with van der Waals surface area (Å²) in [6, 6.07) is 6.98. The molecular weight excluding hydrogens is 219 g/mol. The molecule has 0 radical (unpaired) electrons. The normalized spacial score (nSPS) is 11.5. The van der Waals surface area contributed by atoms with Crippen LogP contribution >= 0.6 is 0 Å². The van der Waals surface area contributed by atoms with Gasteiger partial charge in [-0.05, 0) is 24.7 Å². The predicted octanol–water partition coefficient (Wildman–Crippen LogP) is 2.74. The molecule has 0 aromatic heterocycles. The number of nitrogens with one attached hydrogen (secondary N) is 1. The second-order valence-corrected chi connectivity index (χ2v) is 3.39. The molecule has 0 amide bonds. The summed E-state index contributed by atoms with van der Waals surface area (Å²) in [4.78, 5) is 0. The molecule has 0 fully saturated rings. The molecule has 90 valence electrons. The van der Waals surface area contributed by atoms with E-state index in [-0.39, 0.29) is 6.61 Å². The Hall–Kier alpha value is -1.23. The molecular formula is C11H14F3NO. The summed E-state index contributed by atoms with van der Waals surface area (Å²) in [5, 5.41) is 2.98. The van der Waals surface area contributed by atoms with Crippen LogP contribution in [0.25, 0.3) is 0 Å². The molecule has 1 aromatic carbocycles. The van der Waals surface area contributed by atoms with E-state index < -0.39 is 12.6 Å². The Morgan fingerprint density at radius 1 is 1.19 bits per heavy atom. The highest BCUT2D eigenvalue weighted by molar-refractivity contribution is 5.27. The number of halogens is 3. The molecule has 1 aromatic rings. The molecule has 16 heavy (non-hydrogen) atoms. The molecule has 0 saturated carbocycles. The monoisotopic (exact) mass is 233 g/mol. The average molecular weight is 233 g/mol. The van der Waals surface area contributed by atoms with E-state index in [1.807, 2.05) is 19.2 Å². The molecule has 0 heterocycles. The van der Waals surface area contributed by atoms with Gasteiger partial charge in [-0.1, -0.05) is 12.1 Å². The van der Waals surface area contributed by atoms with Crippen LogP contribution in [-0.4, -0.2) is 19.8 Å². The minimum atomic E-state index is -4.16. The average Bonchev–Trinajstić information content (AvgIpc) is 2.19. The highest BCUT2D eigenvalue weighted by atomic mass is 19.4. The minimum absolute atomic E-state index is 0.338. The van der Waals surface area contributed by atoms with Crippen LogP contribution in [0.2, 0.25) is 0 Å². The molecule has 0 saturated heterocycles. The van der Waals surface area contributed by atoms with Crippen molar-refractivity contribution in [2.24, 2.45) is 0 Å². The molecule has 0 aliphatic heterocycles. The maximum absolute atomic E-state index is 11.8. The van der Waals surface area contributed by atoms with Gasteiger partial charge in [0.2, 0.25) is 0 Å². The standard InChI is InChI=1S/C11H14F3NO/c1-15-8-9-2-4-10(5-3-9)16-7-6-11(12,13)14/h2-5,15H,6-8H2,1H3. The number of rotatable bonds is 5. The van der Waals surface area contributed by atoms with E-state index in [0.717, 1.165) is 12.1 Å². The van der Waals surface area contributed by atoms with E-state index >= 15 is 0 Å². The summed E-state index contributed by atoms with van der Waals surface area (Å²) in [5.41, 5.74) is 1.06. The van der Waals surface area contributed by atoms with E-state index in [0.29, 0.717) is 5.75 Å². The fourth-order valence-electron chi connectivity index (χ4n) is 1.19. The van der Waals surface area contributed by atoms with Crippen LogP contribution in [0.15, 0.2) is 24.3 Å². The van der Waals surface area contributed by atoms with E-state index in [1.54, 1.807) is 12.1 Å². The van der Waals surface area contributed by atoms with Crippen LogP contribution in [-0.2, 0) is 6.54 Å². The molecule has 0 aliphatic carbocycles. The van der Waals surface area contributed by atoms with Gasteiger partial charge >= 0.3 is 6.18 Å². The molecule has 0 atom stereocenters. The van der Waals surface area contributed by atoms with Crippen LogP contribution in [0.4, 0.5) is 13.2 Å². The minimum Gasteiger partial charge on any atom is -0.493 e. The first-order valence-corrected chi connectivity index (χ1v) is 4.94. The summed E-state index contributed by atoms with van der Waals surface area (Å²) >= 11 is 0. The maximum atomic E-state index is 11.8. The zero-order valence-electron chi connectivity index (χ0n) is 8.97. The zero-order valence-corrected chi connectivity index (χ0v) is 8.97. The third-order valence-corrected chi connectivity index (χ3v) is 1.96. The molecule has 0 spiro atoms. The van der Waals surface area contributed by atoms with Gasteiger partial charge in [-0.2, -0.15) is 13.2 Å². The first kappa shape index (κ1) is 12.8. The molecule has 1 rings (SSSR count). The van der Waals surface area contributed by atoms with Crippen LogP contribution in [0.3, 0.4) is 0 Å². The molecule has 1 N–H and O–H groups in total. The topological polar surface area (TPSA) is 21.3 Å². The Labute approximate surface area is 92.4 Å². The molecule has 0 unspecified atom stereocenters. The third kappa shape index (κ3) is 5.02. The Bertz CT molecular complexity index is 308. The Balaban J connectivity index is 2.37. The number of ether oxygens (including phenoxy) is 1. The summed E-state index contributed by atoms with van der Waals surface area (Å²) in [5.74, 6) is 0.462. The fourth-order valence-corrected chi connectivity index (χ4v) is 1.19. The summed E-state index contributed by atoms with van der Waals surface area (Å²) in [7, 11) is 1.83. The SMILES string of the molecule is CNCc1ccc(OCCC(F)(F)F)cc1. The largest absolute Gasteiger partial charge is 0.493 e. The summed E-state index contributed by atoms with van der Waals surface area (Å²) < 4.78 is 40.5. The second kappa shape index (κ2) is 5.75. The van der Waals surface area contributed by atoms with Crippen molar-refractivity contribution in [1.82, 2.24) is 5.32 Å². The van der Waals surface area contributed by atoms with Crippen molar-refractivity contribution in [3.05, 3.63) is 29.8 Å². The molecule has 2 nitrogen and oxygen atoms in total. The Morgan fingerprint density at radius 3 is 2.31 bits per heavy atom. The quantitative estimate of drug-likeness (QED) is 0.844. The second-order valence-electron chi connectivity index (χ2n) is 3.39. The maximum Gasteiger partial charge on any atom is 0.392 e. The van der Waals surface area contributed by atoms with E-state index in [1.165, 1.54) is 0 Å². The number of alkyl halides is 3. The lowest BCUT2D eigenvalue weighted by atomic mass is 10.2. The highest BCUT2D eigenvalue weighted by Gasteiger charge is 2.26. The van der Waals surface area contributed by atoms with Crippen molar-refractivity contribution in [1.29, 1.82) is 0 Å². The van der Waals surface area contributed by atoms with Crippen molar-refractivity contribution in [2.75, 3.05) is 13.7 Å². The van der Waals surface area contributed by atoms with Crippen molar-refractivity contribution >= 4 is 0 Å². The van der Waals surface area contributed by atoms with Crippen LogP contribution < -0.4 is 10.1 Å². The fraction of sp³-hybridized carbons (Fsp3) is 0.455. The third-order valence-electron chi connectivity index (χ3n) is 1.96. The summed E-state index contributed by atoms with van der Waals surface area (Å²) in [6.45, 7) is 0.387. The van der Waals surface area contributed by atoms with Crippen molar-refractivity contribution < 1.29 is 17.9 Å². The lowest BCUT2D eigenvalue weighted by molar-refractivity contribution is -0.139. The van der Waals surface area contributed by atoms with Crippen molar-refractivity contribution in [3.63, 3.8) is 0 Å². The molecule has 5 heteroatoms. The van der Waals surface area contributed by atoms with Gasteiger partial charge in [0.25, 0.3) is 0 Å². The van der Waals surface area contributed by atoms with Crippen LogP contribution in [0.1, 0.15) is 12.0 Å². The smallest absolute Gasteiger partial charge is 0.392 e. The Kier molecular flexibility index (Phi) is 4.61. The first-order valence-electron chi connectivity index (χ1n) is 4.94. The number of hydrogen-bond acceptors (Lipinski definition) is 2. The van der Waals surface area contributed by atoms with Gasteiger partial charge in [0.1, 0.15) is 5.75 Å². The van der Waals surface area contributed by atoms with Gasteiger partial charge < -0.3 is 10.1 Å². The predicted molar refractivity (Wildman–Crippen MR) is 55.4 cm³/mol. The number of benzene rings is 1. The zero-order chi connectivity index (χ0) is 12.0. The van der Waals surface area contributed by atoms with Gasteiger partial charge in [-0.25, -0.2) is 0 Å². The lowest BCUT2D eigenvalue weighted by Gasteiger charge is -2.09. The number of hydrogen-bond donors (Lipinski definition) is 1. The van der Waals surface area contributed by atoms with Gasteiger partial charge in [0.15, 0.2) is 0 Å². The van der Waals surface area contributed by atoms with Gasteiger partial charge in [0.05, 0.1) is 13.0 Å². The first-order chi connectivity index (χ1) is 7.51. The highest BCUT2D eigenvalue weighted by Crippen LogP contribution is 2.20. The van der Waals surface area contributed by atoms with E-state index in [2.05, 4.69) is 5.32 Å². The van der Waals surface area contributed by atoms with Gasteiger partial charge in [-0.3, -0.25) is 0 Å². The van der Waals surface area contributed by atoms with Crippen molar-refractivity contribution in [2.45, 2.75) is 19.1 Å². The van der Waals surface area contributed by atoms with Gasteiger partial charge in [0, 0.05) is 6.54 Å². The van der Waals surface area contributed by atoms with Crippen molar-refractivity contribution in [3.8, 4) is 5.75 Å². The van der Waals surface area contributed by atoms with Gasteiger partial charge in [-0.15, -0.1) is 0 Å². The lowest BCUT2D eigenvalue weighted by Crippen LogP contribution is -2.13. The van der Waals surface area contributed by atoms with Crippen LogP contribution in [0, 0.1) is 0 Å².